The van der Waals surface area contributed by atoms with Gasteiger partial charge in [0.2, 0.25) is 5.91 Å². The van der Waals surface area contributed by atoms with Gasteiger partial charge in [-0.25, -0.2) is 9.97 Å². The summed E-state index contributed by atoms with van der Waals surface area (Å²) >= 11 is 0. The number of anilines is 1. The van der Waals surface area contributed by atoms with E-state index in [-0.39, 0.29) is 18.3 Å². The largest absolute Gasteiger partial charge is 0.384 e. The minimum Gasteiger partial charge on any atom is -0.384 e. The van der Waals surface area contributed by atoms with Crippen LogP contribution in [0, 0.1) is 12.3 Å². The standard InChI is InChI=1S/C19H24N4O2.ClH/c1-14-21-9-6-17(22-14)15-4-3-5-16(12-15)23-18(24)19(13-25-2)7-10-20-11-8-19;/h3-6,9,12,20H,7-8,10-11,13H2,1-2H3,(H,23,24);1H. The van der Waals surface area contributed by atoms with Crippen molar-refractivity contribution >= 4 is 24.0 Å². The predicted octanol–water partition coefficient (Wildman–Crippen LogP) is 2.83. The first-order valence-electron chi connectivity index (χ1n) is 8.54. The highest BCUT2D eigenvalue weighted by atomic mass is 35.5. The molecule has 1 aliphatic rings. The summed E-state index contributed by atoms with van der Waals surface area (Å²) in [4.78, 5) is 21.5. The van der Waals surface area contributed by atoms with Gasteiger partial charge in [-0.2, -0.15) is 0 Å². The predicted molar refractivity (Wildman–Crippen MR) is 104 cm³/mol. The number of carbonyl (C=O) groups is 1. The molecule has 0 aliphatic carbocycles. The number of hydrogen-bond donors (Lipinski definition) is 2. The van der Waals surface area contributed by atoms with E-state index in [1.807, 2.05) is 37.3 Å². The minimum atomic E-state index is -0.471. The molecule has 3 rings (SSSR count). The third kappa shape index (κ3) is 4.58. The summed E-state index contributed by atoms with van der Waals surface area (Å²) in [7, 11) is 1.65. The molecule has 2 heterocycles. The lowest BCUT2D eigenvalue weighted by Gasteiger charge is -2.35. The Hall–Kier alpha value is -2.02. The van der Waals surface area contributed by atoms with Crippen LogP contribution in [0.15, 0.2) is 36.5 Å². The van der Waals surface area contributed by atoms with E-state index in [0.29, 0.717) is 6.61 Å². The number of hydrogen-bond acceptors (Lipinski definition) is 5. The Kier molecular flexibility index (Phi) is 7.08. The zero-order valence-electron chi connectivity index (χ0n) is 15.1. The molecule has 2 N–H and O–H groups in total. The van der Waals surface area contributed by atoms with Gasteiger partial charge < -0.3 is 15.4 Å². The number of ether oxygens (including phenoxy) is 1. The Morgan fingerprint density at radius 3 is 2.77 bits per heavy atom. The van der Waals surface area contributed by atoms with E-state index in [1.165, 1.54) is 0 Å². The Morgan fingerprint density at radius 2 is 2.08 bits per heavy atom. The number of nitrogens with one attached hydrogen (secondary N) is 2. The fourth-order valence-corrected chi connectivity index (χ4v) is 3.26. The normalized spacial score (nSPS) is 15.8. The average Bonchev–Trinajstić information content (AvgIpc) is 2.63. The first-order chi connectivity index (χ1) is 12.1. The number of benzene rings is 1. The molecule has 1 aromatic heterocycles. The minimum absolute atomic E-state index is 0. The highest BCUT2D eigenvalue weighted by molar-refractivity contribution is 5.96. The Bertz CT molecular complexity index is 742. The van der Waals surface area contributed by atoms with Crippen LogP contribution in [0.1, 0.15) is 18.7 Å². The third-order valence-corrected chi connectivity index (χ3v) is 4.66. The van der Waals surface area contributed by atoms with Crippen molar-refractivity contribution in [1.29, 1.82) is 0 Å². The number of nitrogens with zero attached hydrogens (tertiary/aromatic N) is 2. The van der Waals surface area contributed by atoms with Crippen LogP contribution in [0.2, 0.25) is 0 Å². The van der Waals surface area contributed by atoms with Gasteiger partial charge in [0.1, 0.15) is 5.82 Å². The van der Waals surface area contributed by atoms with Gasteiger partial charge in [-0.05, 0) is 51.1 Å². The highest BCUT2D eigenvalue weighted by Crippen LogP contribution is 2.31. The smallest absolute Gasteiger partial charge is 0.233 e. The van der Waals surface area contributed by atoms with E-state index < -0.39 is 5.41 Å². The second-order valence-electron chi connectivity index (χ2n) is 6.49. The molecule has 0 radical (unpaired) electrons. The van der Waals surface area contributed by atoms with Crippen LogP contribution in [-0.2, 0) is 9.53 Å². The fraction of sp³-hybridized carbons (Fsp3) is 0.421. The Morgan fingerprint density at radius 1 is 1.31 bits per heavy atom. The van der Waals surface area contributed by atoms with Crippen molar-refractivity contribution in [1.82, 2.24) is 15.3 Å². The molecule has 0 unspecified atom stereocenters. The van der Waals surface area contributed by atoms with Gasteiger partial charge in [-0.1, -0.05) is 12.1 Å². The molecule has 26 heavy (non-hydrogen) atoms. The van der Waals surface area contributed by atoms with Gasteiger partial charge in [0.05, 0.1) is 17.7 Å². The SMILES string of the molecule is COCC1(C(=O)Nc2cccc(-c3ccnc(C)n3)c2)CCNCC1.Cl. The lowest BCUT2D eigenvalue weighted by Crippen LogP contribution is -2.47. The average molecular weight is 377 g/mol. The number of carbonyl (C=O) groups excluding carboxylic acids is 1. The molecule has 2 aromatic rings. The summed E-state index contributed by atoms with van der Waals surface area (Å²) in [6.07, 6.45) is 3.29. The van der Waals surface area contributed by atoms with E-state index in [4.69, 9.17) is 4.74 Å². The van der Waals surface area contributed by atoms with Crippen molar-refractivity contribution in [2.45, 2.75) is 19.8 Å². The maximum absolute atomic E-state index is 12.9. The molecule has 0 bridgehead atoms. The van der Waals surface area contributed by atoms with Crippen molar-refractivity contribution in [3.05, 3.63) is 42.4 Å². The van der Waals surface area contributed by atoms with Crippen molar-refractivity contribution in [2.24, 2.45) is 5.41 Å². The van der Waals surface area contributed by atoms with Gasteiger partial charge in [-0.15, -0.1) is 12.4 Å². The first-order valence-corrected chi connectivity index (χ1v) is 8.54. The maximum atomic E-state index is 12.9. The van der Waals surface area contributed by atoms with E-state index in [9.17, 15) is 4.79 Å². The molecule has 1 aromatic carbocycles. The number of amides is 1. The summed E-state index contributed by atoms with van der Waals surface area (Å²) in [5.74, 6) is 0.743. The zero-order chi connectivity index (χ0) is 17.7. The number of piperidine rings is 1. The molecule has 7 heteroatoms. The van der Waals surface area contributed by atoms with Crippen LogP contribution in [0.4, 0.5) is 5.69 Å². The van der Waals surface area contributed by atoms with Crippen LogP contribution in [0.3, 0.4) is 0 Å². The Labute approximate surface area is 160 Å². The number of aryl methyl sites for hydroxylation is 1. The van der Waals surface area contributed by atoms with Crippen LogP contribution in [0.5, 0.6) is 0 Å². The number of aromatic nitrogens is 2. The van der Waals surface area contributed by atoms with Crippen molar-refractivity contribution < 1.29 is 9.53 Å². The van der Waals surface area contributed by atoms with Crippen LogP contribution >= 0.6 is 12.4 Å². The summed E-state index contributed by atoms with van der Waals surface area (Å²) < 4.78 is 5.34. The molecule has 1 saturated heterocycles. The third-order valence-electron chi connectivity index (χ3n) is 4.66. The zero-order valence-corrected chi connectivity index (χ0v) is 15.9. The van der Waals surface area contributed by atoms with Crippen LogP contribution in [-0.4, -0.2) is 42.7 Å². The summed E-state index contributed by atoms with van der Waals surface area (Å²) in [6.45, 7) is 3.96. The Balaban J connectivity index is 0.00000243. The second-order valence-corrected chi connectivity index (χ2v) is 6.49. The second kappa shape index (κ2) is 9.07. The maximum Gasteiger partial charge on any atom is 0.233 e. The molecule has 0 saturated carbocycles. The van der Waals surface area contributed by atoms with Crippen molar-refractivity contribution in [3.8, 4) is 11.3 Å². The fourth-order valence-electron chi connectivity index (χ4n) is 3.26. The summed E-state index contributed by atoms with van der Waals surface area (Å²) in [5.41, 5.74) is 2.10. The van der Waals surface area contributed by atoms with Gasteiger partial charge in [0.25, 0.3) is 0 Å². The molecular formula is C19H25ClN4O2. The molecule has 0 spiro atoms. The monoisotopic (exact) mass is 376 g/mol. The lowest BCUT2D eigenvalue weighted by atomic mass is 9.78. The molecule has 1 amide bonds. The van der Waals surface area contributed by atoms with E-state index in [2.05, 4.69) is 20.6 Å². The highest BCUT2D eigenvalue weighted by Gasteiger charge is 2.39. The van der Waals surface area contributed by atoms with Crippen LogP contribution < -0.4 is 10.6 Å². The van der Waals surface area contributed by atoms with E-state index >= 15 is 0 Å². The molecule has 0 atom stereocenters. The molecular weight excluding hydrogens is 352 g/mol. The first kappa shape index (κ1) is 20.3. The quantitative estimate of drug-likeness (QED) is 0.839. The summed E-state index contributed by atoms with van der Waals surface area (Å²) in [6, 6.07) is 9.62. The van der Waals surface area contributed by atoms with Gasteiger partial charge >= 0.3 is 0 Å². The van der Waals surface area contributed by atoms with Gasteiger partial charge in [-0.3, -0.25) is 4.79 Å². The van der Waals surface area contributed by atoms with Crippen molar-refractivity contribution in [2.75, 3.05) is 32.1 Å². The van der Waals surface area contributed by atoms with Gasteiger partial charge in [0, 0.05) is 24.6 Å². The summed E-state index contributed by atoms with van der Waals surface area (Å²) in [5, 5.41) is 6.37. The van der Waals surface area contributed by atoms with E-state index in [1.54, 1.807) is 13.3 Å². The molecule has 1 fully saturated rings. The lowest BCUT2D eigenvalue weighted by molar-refractivity contribution is -0.130. The number of halogens is 1. The molecule has 1 aliphatic heterocycles. The van der Waals surface area contributed by atoms with E-state index in [0.717, 1.165) is 48.7 Å². The topological polar surface area (TPSA) is 76.1 Å². The van der Waals surface area contributed by atoms with Crippen molar-refractivity contribution in [3.63, 3.8) is 0 Å². The molecule has 140 valence electrons. The van der Waals surface area contributed by atoms with Gasteiger partial charge in [0.15, 0.2) is 0 Å². The number of methoxy groups -OCH3 is 1. The number of rotatable bonds is 5. The molecule has 6 nitrogen and oxygen atoms in total. The van der Waals surface area contributed by atoms with Crippen LogP contribution in [0.25, 0.3) is 11.3 Å².